The summed E-state index contributed by atoms with van der Waals surface area (Å²) < 4.78 is 0. The maximum absolute atomic E-state index is 7.57. The fraction of sp³-hybridized carbons (Fsp3) is 1.00. The van der Waals surface area contributed by atoms with Gasteiger partial charge < -0.3 is 5.11 Å². The van der Waals surface area contributed by atoms with E-state index in [1.807, 2.05) is 0 Å². The Hall–Kier alpha value is 1.31. The standard InChI is InChI=1S/C2H6O.Nd/c1-2-3;/h3H,2H2,1H3;. The first kappa shape index (κ1) is 9.00. The molecule has 24 valence electrons. The van der Waals surface area contributed by atoms with Gasteiger partial charge in [0.1, 0.15) is 0 Å². The third-order valence-corrected chi connectivity index (χ3v) is 0. The number of hydrogen-bond donors (Lipinski definition) is 1. The zero-order valence-electron chi connectivity index (χ0n) is 2.65. The van der Waals surface area contributed by atoms with Gasteiger partial charge in [0.15, 0.2) is 0 Å². The molecule has 0 aromatic carbocycles. The summed E-state index contributed by atoms with van der Waals surface area (Å²) in [6.45, 7) is 1.93. The van der Waals surface area contributed by atoms with Crippen molar-refractivity contribution in [2.24, 2.45) is 0 Å². The number of aliphatic hydroxyl groups is 1. The van der Waals surface area contributed by atoms with Crippen molar-refractivity contribution < 1.29 is 45.9 Å². The fourth-order valence-electron chi connectivity index (χ4n) is 0. The summed E-state index contributed by atoms with van der Waals surface area (Å²) in [5.41, 5.74) is 0. The molecule has 0 heterocycles. The number of hydrogen-bond acceptors (Lipinski definition) is 1. The quantitative estimate of drug-likeness (QED) is 0.570. The van der Waals surface area contributed by atoms with E-state index in [0.29, 0.717) is 0 Å². The van der Waals surface area contributed by atoms with E-state index in [0.717, 1.165) is 0 Å². The Labute approximate surface area is 58.9 Å². The Balaban J connectivity index is 0. The van der Waals surface area contributed by atoms with E-state index in [2.05, 4.69) is 0 Å². The van der Waals surface area contributed by atoms with Crippen molar-refractivity contribution in [2.75, 3.05) is 6.61 Å². The third-order valence-electron chi connectivity index (χ3n) is 0. The second-order valence-electron chi connectivity index (χ2n) is 0.316. The van der Waals surface area contributed by atoms with Crippen LogP contribution in [0.2, 0.25) is 0 Å². The van der Waals surface area contributed by atoms with Gasteiger partial charge in [-0.05, 0) is 6.92 Å². The monoisotopic (exact) mass is 188 g/mol. The Morgan fingerprint density at radius 3 is 1.75 bits per heavy atom. The van der Waals surface area contributed by atoms with Crippen LogP contribution in [0, 0.1) is 40.8 Å². The van der Waals surface area contributed by atoms with Crippen LogP contribution in [0.3, 0.4) is 0 Å². The summed E-state index contributed by atoms with van der Waals surface area (Å²) in [6, 6.07) is 0. The molecule has 0 saturated heterocycles. The Kier molecular flexibility index (Phi) is 19.9. The molecule has 0 amide bonds. The molecule has 0 fully saturated rings. The minimum absolute atomic E-state index is 0. The van der Waals surface area contributed by atoms with E-state index in [1.54, 1.807) is 6.92 Å². The predicted molar refractivity (Wildman–Crippen MR) is 12.8 cm³/mol. The molecule has 0 radical (unpaired) electrons. The molecule has 1 N–H and O–H groups in total. The zero-order valence-corrected chi connectivity index (χ0v) is 5.86. The van der Waals surface area contributed by atoms with Crippen molar-refractivity contribution in [3.05, 3.63) is 0 Å². The van der Waals surface area contributed by atoms with Crippen molar-refractivity contribution >= 4 is 0 Å². The zero-order chi connectivity index (χ0) is 2.71. The molecule has 0 unspecified atom stereocenters. The second-order valence-corrected chi connectivity index (χ2v) is 0.316. The maximum Gasteiger partial charge on any atom is 0.0402 e. The van der Waals surface area contributed by atoms with E-state index in [9.17, 15) is 0 Å². The van der Waals surface area contributed by atoms with Gasteiger partial charge in [-0.3, -0.25) is 0 Å². The average molecular weight is 190 g/mol. The summed E-state index contributed by atoms with van der Waals surface area (Å²) >= 11 is 0. The van der Waals surface area contributed by atoms with Crippen molar-refractivity contribution in [3.63, 3.8) is 0 Å². The van der Waals surface area contributed by atoms with Crippen molar-refractivity contribution in [2.45, 2.75) is 6.92 Å². The van der Waals surface area contributed by atoms with Gasteiger partial charge in [-0.15, -0.1) is 0 Å². The van der Waals surface area contributed by atoms with Crippen molar-refractivity contribution in [3.8, 4) is 0 Å². The SMILES string of the molecule is CCO.[Nd]. The molecule has 0 atom stereocenters. The topological polar surface area (TPSA) is 20.2 Å². The van der Waals surface area contributed by atoms with Gasteiger partial charge in [-0.25, -0.2) is 0 Å². The van der Waals surface area contributed by atoms with E-state index in [-0.39, 0.29) is 47.4 Å². The Bertz CT molecular complexity index is 6.00. The summed E-state index contributed by atoms with van der Waals surface area (Å²) in [5.74, 6) is 0. The second kappa shape index (κ2) is 8.85. The molecule has 0 bridgehead atoms. The maximum atomic E-state index is 7.57. The van der Waals surface area contributed by atoms with Crippen LogP contribution in [-0.2, 0) is 0 Å². The molecule has 4 heavy (non-hydrogen) atoms. The molecular weight excluding hydrogens is 184 g/mol. The molecule has 0 aromatic rings. The third kappa shape index (κ3) is 10.3. The Morgan fingerprint density at radius 1 is 1.75 bits per heavy atom. The first-order valence-corrected chi connectivity index (χ1v) is 1.02. The number of rotatable bonds is 0. The summed E-state index contributed by atoms with van der Waals surface area (Å²) in [6.07, 6.45) is 0. The molecule has 0 rings (SSSR count). The molecule has 2 heteroatoms. The molecule has 1 nitrogen and oxygen atoms in total. The Morgan fingerprint density at radius 2 is 1.75 bits per heavy atom. The van der Waals surface area contributed by atoms with Crippen LogP contribution in [0.4, 0.5) is 0 Å². The minimum atomic E-state index is 0. The van der Waals surface area contributed by atoms with Crippen LogP contribution in [0.15, 0.2) is 0 Å². The van der Waals surface area contributed by atoms with Crippen LogP contribution in [0.25, 0.3) is 0 Å². The average Bonchev–Trinajstić information content (AvgIpc) is 0.918. The van der Waals surface area contributed by atoms with Gasteiger partial charge >= 0.3 is 0 Å². The molecular formula is C2H6NdO. The van der Waals surface area contributed by atoms with Gasteiger partial charge in [0.2, 0.25) is 0 Å². The smallest absolute Gasteiger partial charge is 0.0402 e. The van der Waals surface area contributed by atoms with E-state index < -0.39 is 0 Å². The minimum Gasteiger partial charge on any atom is -0.397 e. The van der Waals surface area contributed by atoms with E-state index in [1.165, 1.54) is 0 Å². The van der Waals surface area contributed by atoms with Crippen LogP contribution >= 0.6 is 0 Å². The largest absolute Gasteiger partial charge is 0.397 e. The predicted octanol–water partition coefficient (Wildman–Crippen LogP) is -0.00140. The van der Waals surface area contributed by atoms with Crippen LogP contribution in [-0.4, -0.2) is 11.7 Å². The summed E-state index contributed by atoms with van der Waals surface area (Å²) in [4.78, 5) is 0. The number of aliphatic hydroxyl groups excluding tert-OH is 1. The molecule has 0 aromatic heterocycles. The molecule has 0 aliphatic rings. The van der Waals surface area contributed by atoms with E-state index >= 15 is 0 Å². The first-order valence-electron chi connectivity index (χ1n) is 1.02. The normalized spacial score (nSPS) is 4.50. The van der Waals surface area contributed by atoms with Crippen molar-refractivity contribution in [1.82, 2.24) is 0 Å². The van der Waals surface area contributed by atoms with Gasteiger partial charge in [-0.1, -0.05) is 0 Å². The first-order chi connectivity index (χ1) is 1.41. The van der Waals surface area contributed by atoms with Gasteiger partial charge in [-0.2, -0.15) is 0 Å². The van der Waals surface area contributed by atoms with Crippen LogP contribution in [0.1, 0.15) is 6.92 Å². The molecule has 0 saturated carbocycles. The molecule has 0 spiro atoms. The van der Waals surface area contributed by atoms with Crippen LogP contribution in [0.5, 0.6) is 0 Å². The van der Waals surface area contributed by atoms with Crippen molar-refractivity contribution in [1.29, 1.82) is 0 Å². The van der Waals surface area contributed by atoms with Gasteiger partial charge in [0.25, 0.3) is 0 Å². The summed E-state index contributed by atoms with van der Waals surface area (Å²) in [7, 11) is 0. The van der Waals surface area contributed by atoms with Gasteiger partial charge in [0, 0.05) is 47.4 Å². The molecule has 0 aliphatic heterocycles. The van der Waals surface area contributed by atoms with E-state index in [4.69, 9.17) is 5.11 Å². The van der Waals surface area contributed by atoms with Gasteiger partial charge in [0.05, 0.1) is 0 Å². The summed E-state index contributed by atoms with van der Waals surface area (Å²) in [5, 5.41) is 7.57. The molecule has 0 aliphatic carbocycles. The van der Waals surface area contributed by atoms with Crippen LogP contribution < -0.4 is 0 Å². The fourth-order valence-corrected chi connectivity index (χ4v) is 0.